The minimum Gasteiger partial charge on any atom is -0.486 e. The van der Waals surface area contributed by atoms with Crippen LogP contribution in [0.5, 0.6) is 5.75 Å². The molecule has 0 saturated carbocycles. The van der Waals surface area contributed by atoms with Crippen LogP contribution >= 0.6 is 11.6 Å². The molecule has 3 rings (SSSR count). The Bertz CT molecular complexity index is 915. The fourth-order valence-electron chi connectivity index (χ4n) is 2.73. The Morgan fingerprint density at radius 1 is 1.30 bits per heavy atom. The molecule has 2 aromatic heterocycles. The summed E-state index contributed by atoms with van der Waals surface area (Å²) in [7, 11) is 0. The highest BCUT2D eigenvalue weighted by Gasteiger charge is 2.18. The van der Waals surface area contributed by atoms with Crippen molar-refractivity contribution in [3.05, 3.63) is 70.4 Å². The van der Waals surface area contributed by atoms with E-state index in [1.165, 1.54) is 0 Å². The number of amides is 1. The number of halogens is 1. The van der Waals surface area contributed by atoms with Crippen molar-refractivity contribution in [1.82, 2.24) is 15.1 Å². The quantitative estimate of drug-likeness (QED) is 0.646. The third kappa shape index (κ3) is 4.71. The molecule has 1 N–H and O–H groups in total. The Morgan fingerprint density at radius 3 is 2.70 bits per heavy atom. The highest BCUT2D eigenvalue weighted by Crippen LogP contribution is 2.19. The number of hydrogen-bond donors (Lipinski definition) is 1. The van der Waals surface area contributed by atoms with Crippen LogP contribution in [-0.4, -0.2) is 15.7 Å². The van der Waals surface area contributed by atoms with Crippen LogP contribution in [0.3, 0.4) is 0 Å². The molecule has 0 aliphatic carbocycles. The summed E-state index contributed by atoms with van der Waals surface area (Å²) in [6.45, 7) is 6.90. The molecule has 3 aromatic rings. The van der Waals surface area contributed by atoms with Crippen molar-refractivity contribution in [1.29, 1.82) is 0 Å². The van der Waals surface area contributed by atoms with Gasteiger partial charge in [0.25, 0.3) is 5.91 Å². The van der Waals surface area contributed by atoms with Crippen molar-refractivity contribution >= 4 is 17.5 Å². The van der Waals surface area contributed by atoms with Gasteiger partial charge in [-0.1, -0.05) is 11.6 Å². The molecular formula is C20H22ClN3O3. The van der Waals surface area contributed by atoms with Crippen LogP contribution < -0.4 is 10.1 Å². The lowest BCUT2D eigenvalue weighted by Gasteiger charge is -2.12. The first kappa shape index (κ1) is 19.0. The van der Waals surface area contributed by atoms with Gasteiger partial charge >= 0.3 is 0 Å². The van der Waals surface area contributed by atoms with Crippen LogP contribution in [0.1, 0.15) is 47.5 Å². The molecular weight excluding hydrogens is 366 g/mol. The van der Waals surface area contributed by atoms with E-state index in [4.69, 9.17) is 20.8 Å². The summed E-state index contributed by atoms with van der Waals surface area (Å²) in [5, 5.41) is 8.00. The lowest BCUT2D eigenvalue weighted by atomic mass is 10.1. The van der Waals surface area contributed by atoms with Crippen molar-refractivity contribution in [3.8, 4) is 5.75 Å². The second-order valence-electron chi connectivity index (χ2n) is 6.23. The Hall–Kier alpha value is -2.73. The molecule has 0 aliphatic heterocycles. The fourth-order valence-corrected chi connectivity index (χ4v) is 2.85. The number of hydrogen-bond acceptors (Lipinski definition) is 4. The number of ether oxygens (including phenoxy) is 1. The van der Waals surface area contributed by atoms with Crippen molar-refractivity contribution in [2.45, 2.75) is 40.0 Å². The van der Waals surface area contributed by atoms with E-state index in [-0.39, 0.29) is 24.3 Å². The third-order valence-electron chi connectivity index (χ3n) is 4.20. The molecule has 6 nitrogen and oxygen atoms in total. The van der Waals surface area contributed by atoms with Crippen molar-refractivity contribution < 1.29 is 13.9 Å². The summed E-state index contributed by atoms with van der Waals surface area (Å²) < 4.78 is 13.1. The van der Waals surface area contributed by atoms with E-state index in [9.17, 15) is 4.79 Å². The van der Waals surface area contributed by atoms with E-state index in [1.54, 1.807) is 36.4 Å². The Labute approximate surface area is 163 Å². The molecule has 0 saturated heterocycles. The number of nitrogens with zero attached hydrogens (tertiary/aromatic N) is 2. The first-order valence-electron chi connectivity index (χ1n) is 8.78. The molecule has 7 heteroatoms. The van der Waals surface area contributed by atoms with Crippen LogP contribution in [0.25, 0.3) is 0 Å². The van der Waals surface area contributed by atoms with Gasteiger partial charge in [-0.3, -0.25) is 9.48 Å². The molecule has 1 aromatic carbocycles. The van der Waals surface area contributed by atoms with Gasteiger partial charge in [0.15, 0.2) is 5.76 Å². The predicted molar refractivity (Wildman–Crippen MR) is 103 cm³/mol. The first-order chi connectivity index (χ1) is 13.0. The molecule has 1 amide bonds. The Morgan fingerprint density at radius 2 is 2.04 bits per heavy atom. The normalized spacial score (nSPS) is 12.0. The molecule has 27 heavy (non-hydrogen) atoms. The van der Waals surface area contributed by atoms with Crippen molar-refractivity contribution in [2.75, 3.05) is 0 Å². The van der Waals surface area contributed by atoms with E-state index in [2.05, 4.69) is 10.4 Å². The number of furan rings is 1. The van der Waals surface area contributed by atoms with Gasteiger partial charge in [0.05, 0.1) is 11.7 Å². The zero-order valence-corrected chi connectivity index (χ0v) is 16.3. The summed E-state index contributed by atoms with van der Waals surface area (Å²) in [5.41, 5.74) is 1.89. The number of benzene rings is 1. The van der Waals surface area contributed by atoms with E-state index in [0.717, 1.165) is 17.8 Å². The van der Waals surface area contributed by atoms with Gasteiger partial charge in [0.1, 0.15) is 18.1 Å². The van der Waals surface area contributed by atoms with Gasteiger partial charge in [-0.25, -0.2) is 0 Å². The second-order valence-corrected chi connectivity index (χ2v) is 6.67. The van der Waals surface area contributed by atoms with E-state index in [1.807, 2.05) is 31.6 Å². The average Bonchev–Trinajstić information content (AvgIpc) is 3.27. The molecule has 0 radical (unpaired) electrons. The molecule has 0 spiro atoms. The highest BCUT2D eigenvalue weighted by atomic mass is 35.5. The lowest BCUT2D eigenvalue weighted by Crippen LogP contribution is -2.26. The number of nitrogens with one attached hydrogen (secondary N) is 1. The monoisotopic (exact) mass is 387 g/mol. The number of carbonyl (C=O) groups is 1. The summed E-state index contributed by atoms with van der Waals surface area (Å²) in [4.78, 5) is 12.5. The molecule has 0 bridgehead atoms. The van der Waals surface area contributed by atoms with Crippen molar-refractivity contribution in [3.63, 3.8) is 0 Å². The zero-order chi connectivity index (χ0) is 19.4. The van der Waals surface area contributed by atoms with E-state index >= 15 is 0 Å². The number of aryl methyl sites for hydroxylation is 2. The van der Waals surface area contributed by atoms with Gasteiger partial charge in [0, 0.05) is 23.3 Å². The van der Waals surface area contributed by atoms with E-state index in [0.29, 0.717) is 16.5 Å². The maximum Gasteiger partial charge on any atom is 0.287 e. The SMILES string of the molecule is CCn1cc(C(C)NC(=O)c2ccc(COc3ccc(Cl)cc3)o2)c(C)n1. The van der Waals surface area contributed by atoms with E-state index < -0.39 is 0 Å². The third-order valence-corrected chi connectivity index (χ3v) is 4.45. The molecule has 0 fully saturated rings. The first-order valence-corrected chi connectivity index (χ1v) is 9.16. The highest BCUT2D eigenvalue weighted by molar-refractivity contribution is 6.30. The van der Waals surface area contributed by atoms with Crippen LogP contribution in [0.2, 0.25) is 5.02 Å². The zero-order valence-electron chi connectivity index (χ0n) is 15.5. The maximum absolute atomic E-state index is 12.5. The largest absolute Gasteiger partial charge is 0.486 e. The number of carbonyl (C=O) groups excluding carboxylic acids is 1. The van der Waals surface area contributed by atoms with Gasteiger partial charge in [-0.05, 0) is 57.2 Å². The summed E-state index contributed by atoms with van der Waals surface area (Å²) in [6, 6.07) is 10.3. The minimum atomic E-state index is -0.274. The summed E-state index contributed by atoms with van der Waals surface area (Å²) in [5.74, 6) is 1.22. The van der Waals surface area contributed by atoms with Crippen LogP contribution in [0, 0.1) is 6.92 Å². The number of aromatic nitrogens is 2. The fraction of sp³-hybridized carbons (Fsp3) is 0.300. The molecule has 0 aliphatic rings. The summed E-state index contributed by atoms with van der Waals surface area (Å²) >= 11 is 5.85. The van der Waals surface area contributed by atoms with Gasteiger partial charge in [0.2, 0.25) is 0 Å². The summed E-state index contributed by atoms with van der Waals surface area (Å²) in [6.07, 6.45) is 1.95. The van der Waals surface area contributed by atoms with Crippen LogP contribution in [0.4, 0.5) is 0 Å². The molecule has 1 atom stereocenters. The number of rotatable bonds is 7. The smallest absolute Gasteiger partial charge is 0.287 e. The Kier molecular flexibility index (Phi) is 5.86. The Balaban J connectivity index is 1.59. The maximum atomic E-state index is 12.5. The van der Waals surface area contributed by atoms with Crippen molar-refractivity contribution in [2.24, 2.45) is 0 Å². The minimum absolute atomic E-state index is 0.170. The standard InChI is InChI=1S/C20H22ClN3O3/c1-4-24-11-18(14(3)23-24)13(2)22-20(25)19-10-9-17(27-19)12-26-16-7-5-15(21)6-8-16/h5-11,13H,4,12H2,1-3H3,(H,22,25). The molecule has 2 heterocycles. The lowest BCUT2D eigenvalue weighted by molar-refractivity contribution is 0.0907. The average molecular weight is 388 g/mol. The topological polar surface area (TPSA) is 69.3 Å². The second kappa shape index (κ2) is 8.31. The van der Waals surface area contributed by atoms with Gasteiger partial charge < -0.3 is 14.5 Å². The van der Waals surface area contributed by atoms with Gasteiger partial charge in [-0.15, -0.1) is 0 Å². The van der Waals surface area contributed by atoms with Gasteiger partial charge in [-0.2, -0.15) is 5.10 Å². The predicted octanol–water partition coefficient (Wildman–Crippen LogP) is 4.53. The molecule has 142 valence electrons. The van der Waals surface area contributed by atoms with Crippen LogP contribution in [0.15, 0.2) is 47.0 Å². The van der Waals surface area contributed by atoms with Crippen LogP contribution in [-0.2, 0) is 13.2 Å². The molecule has 1 unspecified atom stereocenters.